The number of rotatable bonds is 6. The van der Waals surface area contributed by atoms with Crippen LogP contribution in [0.3, 0.4) is 0 Å². The summed E-state index contributed by atoms with van der Waals surface area (Å²) in [6, 6.07) is 6.63. The highest BCUT2D eigenvalue weighted by Gasteiger charge is 2.25. The molecule has 0 amide bonds. The van der Waals surface area contributed by atoms with E-state index in [1.54, 1.807) is 17.6 Å². The third-order valence-electron chi connectivity index (χ3n) is 3.62. The minimum atomic E-state index is 0.123. The van der Waals surface area contributed by atoms with E-state index in [0.717, 1.165) is 22.5 Å². The first-order chi connectivity index (χ1) is 9.52. The topological polar surface area (TPSA) is 42.4 Å². The highest BCUT2D eigenvalue weighted by molar-refractivity contribution is 9.11. The van der Waals surface area contributed by atoms with Crippen LogP contribution >= 0.6 is 27.3 Å². The Balaban J connectivity index is 2.20. The van der Waals surface area contributed by atoms with Crippen molar-refractivity contribution in [3.8, 4) is 0 Å². The molecule has 20 heavy (non-hydrogen) atoms. The third-order valence-corrected chi connectivity index (χ3v) is 5.32. The molecule has 0 aliphatic heterocycles. The van der Waals surface area contributed by atoms with E-state index < -0.39 is 0 Å². The lowest BCUT2D eigenvalue weighted by molar-refractivity contribution is 0.204. The average molecular weight is 357 g/mol. The summed E-state index contributed by atoms with van der Waals surface area (Å²) in [6.45, 7) is 4.98. The van der Waals surface area contributed by atoms with Crippen LogP contribution in [0.5, 0.6) is 0 Å². The van der Waals surface area contributed by atoms with E-state index in [2.05, 4.69) is 46.9 Å². The monoisotopic (exact) mass is 356 g/mol. The molecule has 2 rings (SSSR count). The number of thiophene rings is 1. The zero-order valence-corrected chi connectivity index (χ0v) is 14.5. The summed E-state index contributed by atoms with van der Waals surface area (Å²) >= 11 is 5.29. The highest BCUT2D eigenvalue weighted by Crippen LogP contribution is 2.33. The van der Waals surface area contributed by atoms with Crippen molar-refractivity contribution in [3.63, 3.8) is 0 Å². The highest BCUT2D eigenvalue weighted by atomic mass is 79.9. The third kappa shape index (κ3) is 3.52. The Labute approximate surface area is 132 Å². The van der Waals surface area contributed by atoms with Gasteiger partial charge in [-0.1, -0.05) is 6.92 Å². The zero-order valence-electron chi connectivity index (χ0n) is 12.1. The van der Waals surface area contributed by atoms with Gasteiger partial charge in [-0.15, -0.1) is 11.3 Å². The molecule has 0 fully saturated rings. The maximum Gasteiger partial charge on any atom is 0.105 e. The van der Waals surface area contributed by atoms with Crippen LogP contribution in [0.15, 0.2) is 32.7 Å². The van der Waals surface area contributed by atoms with E-state index in [1.807, 2.05) is 13.0 Å². The fourth-order valence-electron chi connectivity index (χ4n) is 2.41. The molecule has 0 aliphatic carbocycles. The van der Waals surface area contributed by atoms with Gasteiger partial charge in [-0.05, 0) is 54.5 Å². The lowest BCUT2D eigenvalue weighted by Crippen LogP contribution is -2.38. The Kier molecular flexibility index (Phi) is 5.43. The Morgan fingerprint density at radius 3 is 2.65 bits per heavy atom. The lowest BCUT2D eigenvalue weighted by atomic mass is 10.0. The quantitative estimate of drug-likeness (QED) is 0.837. The van der Waals surface area contributed by atoms with Gasteiger partial charge in [-0.2, -0.15) is 0 Å². The van der Waals surface area contributed by atoms with Crippen LogP contribution in [0, 0.1) is 6.92 Å². The Morgan fingerprint density at radius 1 is 1.40 bits per heavy atom. The molecule has 110 valence electrons. The Morgan fingerprint density at radius 2 is 2.15 bits per heavy atom. The van der Waals surface area contributed by atoms with E-state index >= 15 is 0 Å². The summed E-state index contributed by atoms with van der Waals surface area (Å²) in [6.07, 6.45) is 2.70. The number of nitrogens with two attached hydrogens (primary N) is 1. The molecular weight excluding hydrogens is 336 g/mol. The van der Waals surface area contributed by atoms with Crippen molar-refractivity contribution in [2.24, 2.45) is 5.73 Å². The van der Waals surface area contributed by atoms with Gasteiger partial charge in [-0.3, -0.25) is 4.90 Å². The van der Waals surface area contributed by atoms with Gasteiger partial charge in [0, 0.05) is 23.0 Å². The predicted octanol–water partition coefficient (Wildman–Crippen LogP) is 4.32. The van der Waals surface area contributed by atoms with E-state index in [0.29, 0.717) is 0 Å². The average Bonchev–Trinajstić information content (AvgIpc) is 2.99. The summed E-state index contributed by atoms with van der Waals surface area (Å²) in [7, 11) is 2.13. The largest absolute Gasteiger partial charge is 0.469 e. The summed E-state index contributed by atoms with van der Waals surface area (Å²) in [5, 5.41) is 0. The van der Waals surface area contributed by atoms with Gasteiger partial charge in [0.05, 0.1) is 16.1 Å². The smallest absolute Gasteiger partial charge is 0.105 e. The molecule has 0 aromatic carbocycles. The van der Waals surface area contributed by atoms with Crippen molar-refractivity contribution in [2.75, 3.05) is 7.05 Å². The molecule has 2 atom stereocenters. The van der Waals surface area contributed by atoms with E-state index in [-0.39, 0.29) is 12.1 Å². The van der Waals surface area contributed by atoms with Crippen LogP contribution in [0.4, 0.5) is 0 Å². The number of aryl methyl sites for hydroxylation is 1. The molecule has 2 aromatic rings. The van der Waals surface area contributed by atoms with Crippen molar-refractivity contribution in [1.82, 2.24) is 4.90 Å². The Hall–Kier alpha value is -0.620. The number of furan rings is 1. The molecule has 2 N–H and O–H groups in total. The van der Waals surface area contributed by atoms with Crippen LogP contribution in [-0.4, -0.2) is 18.0 Å². The van der Waals surface area contributed by atoms with E-state index in [1.165, 1.54) is 10.4 Å². The molecule has 0 radical (unpaired) electrons. The van der Waals surface area contributed by atoms with Crippen LogP contribution in [0.25, 0.3) is 0 Å². The summed E-state index contributed by atoms with van der Waals surface area (Å²) in [5.74, 6) is 0.980. The first-order valence-electron chi connectivity index (χ1n) is 6.77. The van der Waals surface area contributed by atoms with Crippen molar-refractivity contribution in [3.05, 3.63) is 44.4 Å². The molecule has 0 bridgehead atoms. The van der Waals surface area contributed by atoms with Gasteiger partial charge >= 0.3 is 0 Å². The summed E-state index contributed by atoms with van der Waals surface area (Å²) in [4.78, 5) is 3.61. The number of nitrogens with zero attached hydrogens (tertiary/aromatic N) is 1. The molecule has 0 saturated heterocycles. The molecule has 2 heterocycles. The number of hydrogen-bond donors (Lipinski definition) is 1. The van der Waals surface area contributed by atoms with Gasteiger partial charge in [0.15, 0.2) is 0 Å². The second kappa shape index (κ2) is 6.89. The molecule has 2 unspecified atom stereocenters. The fraction of sp³-hybridized carbons (Fsp3) is 0.467. The number of likely N-dealkylation sites (N-methyl/N-ethyl adjacent to an activating group) is 1. The second-order valence-corrected chi connectivity index (χ2v) is 7.57. The second-order valence-electron chi connectivity index (χ2n) is 5.08. The van der Waals surface area contributed by atoms with E-state index in [4.69, 9.17) is 10.2 Å². The van der Waals surface area contributed by atoms with Gasteiger partial charge in [0.1, 0.15) is 5.76 Å². The minimum Gasteiger partial charge on any atom is -0.469 e. The van der Waals surface area contributed by atoms with Crippen LogP contribution in [-0.2, 0) is 6.54 Å². The molecular formula is C15H21BrN2OS. The van der Waals surface area contributed by atoms with Crippen LogP contribution < -0.4 is 5.73 Å². The molecule has 5 heteroatoms. The maximum atomic E-state index is 6.35. The maximum absolute atomic E-state index is 6.35. The minimum absolute atomic E-state index is 0.123. The molecule has 2 aromatic heterocycles. The fourth-order valence-corrected chi connectivity index (χ4v) is 4.07. The Bertz CT molecular complexity index is 552. The zero-order chi connectivity index (χ0) is 14.7. The standard InChI is InChI=1S/C15H21BrN2OS/c1-4-12(17)15(13-5-6-14(16)20-13)18(3)9-11-7-8-19-10(11)2/h5-8,12,15H,4,9,17H2,1-3H3. The molecule has 0 spiro atoms. The van der Waals surface area contributed by atoms with Gasteiger partial charge < -0.3 is 10.2 Å². The van der Waals surface area contributed by atoms with Gasteiger partial charge in [-0.25, -0.2) is 0 Å². The van der Waals surface area contributed by atoms with E-state index in [9.17, 15) is 0 Å². The van der Waals surface area contributed by atoms with Crippen LogP contribution in [0.2, 0.25) is 0 Å². The molecule has 0 aliphatic rings. The molecule has 0 saturated carbocycles. The lowest BCUT2D eigenvalue weighted by Gasteiger charge is -2.31. The number of halogens is 1. The predicted molar refractivity (Wildman–Crippen MR) is 87.9 cm³/mol. The van der Waals surface area contributed by atoms with Crippen molar-refractivity contribution in [2.45, 2.75) is 38.9 Å². The first-order valence-corrected chi connectivity index (χ1v) is 8.38. The van der Waals surface area contributed by atoms with Crippen LogP contribution in [0.1, 0.15) is 35.6 Å². The van der Waals surface area contributed by atoms with Gasteiger partial charge in [0.25, 0.3) is 0 Å². The summed E-state index contributed by atoms with van der Waals surface area (Å²) < 4.78 is 6.53. The van der Waals surface area contributed by atoms with Gasteiger partial charge in [0.2, 0.25) is 0 Å². The SMILES string of the molecule is CCC(N)C(c1ccc(Br)s1)N(C)Cc1ccoc1C. The number of hydrogen-bond acceptors (Lipinski definition) is 4. The van der Waals surface area contributed by atoms with Crippen molar-refractivity contribution >= 4 is 27.3 Å². The van der Waals surface area contributed by atoms with Crippen molar-refractivity contribution < 1.29 is 4.42 Å². The molecule has 3 nitrogen and oxygen atoms in total. The summed E-state index contributed by atoms with van der Waals surface area (Å²) in [5.41, 5.74) is 7.57. The van der Waals surface area contributed by atoms with Crippen molar-refractivity contribution in [1.29, 1.82) is 0 Å². The normalized spacial score (nSPS) is 14.7. The first kappa shape index (κ1) is 15.8.